The van der Waals surface area contributed by atoms with Crippen molar-refractivity contribution < 1.29 is 14.5 Å². The number of non-ortho nitro benzene ring substituents is 1. The van der Waals surface area contributed by atoms with Gasteiger partial charge in [0, 0.05) is 37.3 Å². The van der Waals surface area contributed by atoms with Crippen LogP contribution in [0.15, 0.2) is 65.7 Å². The number of carbonyl (C=O) groups is 2. The summed E-state index contributed by atoms with van der Waals surface area (Å²) in [5.74, 6) is -0.434. The number of nitrogens with one attached hydrogen (secondary N) is 1. The van der Waals surface area contributed by atoms with Gasteiger partial charge >= 0.3 is 0 Å². The number of nitro groups is 1. The Morgan fingerprint density at radius 1 is 1.10 bits per heavy atom. The third-order valence-corrected chi connectivity index (χ3v) is 4.96. The van der Waals surface area contributed by atoms with Crippen LogP contribution in [0, 0.1) is 10.1 Å². The predicted molar refractivity (Wildman–Crippen MR) is 110 cm³/mol. The van der Waals surface area contributed by atoms with Crippen LogP contribution in [0.4, 0.5) is 16.2 Å². The van der Waals surface area contributed by atoms with E-state index in [4.69, 9.17) is 0 Å². The van der Waals surface area contributed by atoms with Crippen LogP contribution in [-0.4, -0.2) is 44.8 Å². The molecule has 0 aliphatic heterocycles. The number of rotatable bonds is 5. The third kappa shape index (κ3) is 4.79. The highest BCUT2D eigenvalue weighted by atomic mass is 32.2. The number of anilines is 1. The topological polar surface area (TPSA) is 110 Å². The molecular weight excluding hydrogens is 394 g/mol. The number of nitro benzene ring substituents is 1. The summed E-state index contributed by atoms with van der Waals surface area (Å²) in [5, 5.41) is 17.6. The van der Waals surface area contributed by atoms with Crippen molar-refractivity contribution in [3.05, 3.63) is 76.6 Å². The normalized spacial score (nSPS) is 10.4. The first-order valence-corrected chi connectivity index (χ1v) is 9.27. The van der Waals surface area contributed by atoms with Crippen molar-refractivity contribution in [2.45, 2.75) is 4.90 Å². The number of thioether (sulfide) groups is 1. The van der Waals surface area contributed by atoms with Gasteiger partial charge in [-0.05, 0) is 42.1 Å². The van der Waals surface area contributed by atoms with Crippen molar-refractivity contribution in [2.75, 3.05) is 19.4 Å². The molecule has 1 aromatic heterocycles. The fourth-order valence-electron chi connectivity index (χ4n) is 2.35. The molecule has 0 aliphatic rings. The Kier molecular flexibility index (Phi) is 5.93. The van der Waals surface area contributed by atoms with E-state index in [-0.39, 0.29) is 16.6 Å². The zero-order chi connectivity index (χ0) is 21.0. The van der Waals surface area contributed by atoms with Crippen LogP contribution in [0.5, 0.6) is 0 Å². The molecule has 10 heteroatoms. The molecule has 0 saturated heterocycles. The Balaban J connectivity index is 1.76. The van der Waals surface area contributed by atoms with E-state index in [1.54, 1.807) is 56.7 Å². The summed E-state index contributed by atoms with van der Waals surface area (Å²) in [6.07, 6.45) is 1.59. The molecule has 1 N–H and O–H groups in total. The highest BCUT2D eigenvalue weighted by molar-refractivity contribution is 8.13. The number of para-hydroxylation sites is 1. The van der Waals surface area contributed by atoms with Gasteiger partial charge in [-0.1, -0.05) is 12.1 Å². The molecule has 0 bridgehead atoms. The second-order valence-electron chi connectivity index (χ2n) is 6.13. The van der Waals surface area contributed by atoms with Crippen molar-refractivity contribution in [3.63, 3.8) is 0 Å². The maximum absolute atomic E-state index is 12.6. The number of hydrogen-bond acceptors (Lipinski definition) is 6. The molecule has 148 valence electrons. The lowest BCUT2D eigenvalue weighted by Gasteiger charge is -2.12. The van der Waals surface area contributed by atoms with E-state index in [1.165, 1.54) is 27.8 Å². The van der Waals surface area contributed by atoms with Crippen molar-refractivity contribution in [1.82, 2.24) is 14.7 Å². The van der Waals surface area contributed by atoms with E-state index in [0.29, 0.717) is 16.3 Å². The molecule has 0 fully saturated rings. The summed E-state index contributed by atoms with van der Waals surface area (Å²) in [6.45, 7) is 0. The highest BCUT2D eigenvalue weighted by Crippen LogP contribution is 2.29. The maximum Gasteiger partial charge on any atom is 0.286 e. The van der Waals surface area contributed by atoms with Crippen LogP contribution < -0.4 is 5.32 Å². The lowest BCUT2D eigenvalue weighted by atomic mass is 10.3. The van der Waals surface area contributed by atoms with E-state index < -0.39 is 10.8 Å². The molecule has 3 aromatic rings. The van der Waals surface area contributed by atoms with Crippen LogP contribution in [0.1, 0.15) is 10.5 Å². The van der Waals surface area contributed by atoms with Gasteiger partial charge in [0.2, 0.25) is 0 Å². The van der Waals surface area contributed by atoms with Crippen molar-refractivity contribution in [3.8, 4) is 5.69 Å². The SMILES string of the molecule is CN(C)C(=O)Sc1ccccc1NC(=O)c1ccn(-c2ccc([N+](=O)[O-])cc2)n1. The zero-order valence-corrected chi connectivity index (χ0v) is 16.4. The fourth-order valence-corrected chi connectivity index (χ4v) is 3.09. The van der Waals surface area contributed by atoms with E-state index >= 15 is 0 Å². The largest absolute Gasteiger partial charge is 0.339 e. The van der Waals surface area contributed by atoms with Gasteiger partial charge in [-0.15, -0.1) is 0 Å². The van der Waals surface area contributed by atoms with Crippen molar-refractivity contribution in [1.29, 1.82) is 0 Å². The number of aromatic nitrogens is 2. The smallest absolute Gasteiger partial charge is 0.286 e. The molecule has 9 nitrogen and oxygen atoms in total. The lowest BCUT2D eigenvalue weighted by molar-refractivity contribution is -0.384. The van der Waals surface area contributed by atoms with E-state index in [9.17, 15) is 19.7 Å². The molecule has 2 amide bonds. The molecule has 1 heterocycles. The summed E-state index contributed by atoms with van der Waals surface area (Å²) in [6, 6.07) is 14.4. The molecule has 0 atom stereocenters. The third-order valence-electron chi connectivity index (χ3n) is 3.84. The summed E-state index contributed by atoms with van der Waals surface area (Å²) < 4.78 is 1.45. The maximum atomic E-state index is 12.6. The number of benzene rings is 2. The Morgan fingerprint density at radius 2 is 1.79 bits per heavy atom. The molecule has 0 radical (unpaired) electrons. The van der Waals surface area contributed by atoms with Gasteiger partial charge in [-0.25, -0.2) is 4.68 Å². The predicted octanol–water partition coefficient (Wildman–Crippen LogP) is 3.81. The summed E-state index contributed by atoms with van der Waals surface area (Å²) >= 11 is 1.01. The van der Waals surface area contributed by atoms with Crippen LogP contribution in [0.3, 0.4) is 0 Å². The van der Waals surface area contributed by atoms with Gasteiger partial charge in [0.1, 0.15) is 0 Å². The molecule has 29 heavy (non-hydrogen) atoms. The van der Waals surface area contributed by atoms with E-state index in [0.717, 1.165) is 11.8 Å². The van der Waals surface area contributed by atoms with Crippen LogP contribution in [-0.2, 0) is 0 Å². The Hall–Kier alpha value is -3.66. The number of amides is 2. The first kappa shape index (κ1) is 20.1. The zero-order valence-electron chi connectivity index (χ0n) is 15.6. The minimum absolute atomic E-state index is 0.0275. The van der Waals surface area contributed by atoms with Crippen LogP contribution in [0.25, 0.3) is 5.69 Å². The second-order valence-corrected chi connectivity index (χ2v) is 7.12. The Morgan fingerprint density at radius 3 is 2.45 bits per heavy atom. The van der Waals surface area contributed by atoms with Crippen molar-refractivity contribution >= 4 is 34.3 Å². The quantitative estimate of drug-likeness (QED) is 0.388. The lowest BCUT2D eigenvalue weighted by Crippen LogP contribution is -2.17. The van der Waals surface area contributed by atoms with Gasteiger partial charge < -0.3 is 10.2 Å². The Labute approximate surface area is 170 Å². The molecular formula is C19H17N5O4S. The minimum atomic E-state index is -0.484. The molecule has 0 aliphatic carbocycles. The molecule has 0 unspecified atom stereocenters. The number of nitrogens with zero attached hydrogens (tertiary/aromatic N) is 4. The van der Waals surface area contributed by atoms with E-state index in [2.05, 4.69) is 10.4 Å². The molecule has 2 aromatic carbocycles. The van der Waals surface area contributed by atoms with Crippen LogP contribution >= 0.6 is 11.8 Å². The first-order chi connectivity index (χ1) is 13.8. The first-order valence-electron chi connectivity index (χ1n) is 8.45. The Bertz CT molecular complexity index is 1060. The fraction of sp³-hybridized carbons (Fsp3) is 0.105. The molecule has 0 spiro atoms. The van der Waals surface area contributed by atoms with Crippen LogP contribution in [0.2, 0.25) is 0 Å². The average molecular weight is 411 g/mol. The standard InChI is InChI=1S/C19H17N5O4S/c1-22(2)19(26)29-17-6-4-3-5-15(17)20-18(25)16-11-12-23(21-16)13-7-9-14(10-8-13)24(27)28/h3-12H,1-2H3,(H,20,25). The highest BCUT2D eigenvalue weighted by Gasteiger charge is 2.15. The van der Waals surface area contributed by atoms with Gasteiger partial charge in [-0.2, -0.15) is 5.10 Å². The summed E-state index contributed by atoms with van der Waals surface area (Å²) in [7, 11) is 3.31. The van der Waals surface area contributed by atoms with Gasteiger partial charge in [0.25, 0.3) is 16.8 Å². The molecule has 0 saturated carbocycles. The van der Waals surface area contributed by atoms with Gasteiger partial charge in [0.15, 0.2) is 5.69 Å². The van der Waals surface area contributed by atoms with Crippen molar-refractivity contribution in [2.24, 2.45) is 0 Å². The monoisotopic (exact) mass is 411 g/mol. The van der Waals surface area contributed by atoms with Gasteiger partial charge in [0.05, 0.1) is 16.3 Å². The minimum Gasteiger partial charge on any atom is -0.339 e. The second kappa shape index (κ2) is 8.57. The van der Waals surface area contributed by atoms with E-state index in [1.807, 2.05) is 0 Å². The average Bonchev–Trinajstić information content (AvgIpc) is 3.20. The number of hydrogen-bond donors (Lipinski definition) is 1. The summed E-state index contributed by atoms with van der Waals surface area (Å²) in [5.41, 5.74) is 1.23. The van der Waals surface area contributed by atoms with Gasteiger partial charge in [-0.3, -0.25) is 19.7 Å². The summed E-state index contributed by atoms with van der Waals surface area (Å²) in [4.78, 5) is 36.9. The molecule has 3 rings (SSSR count). The number of carbonyl (C=O) groups excluding carboxylic acids is 2.